The van der Waals surface area contributed by atoms with E-state index >= 15 is 0 Å². The lowest BCUT2D eigenvalue weighted by Crippen LogP contribution is -2.32. The minimum Gasteiger partial charge on any atom is -0.396 e. The maximum absolute atomic E-state index is 9.17. The van der Waals surface area contributed by atoms with E-state index in [0.717, 1.165) is 0 Å². The topological polar surface area (TPSA) is 58.3 Å². The van der Waals surface area contributed by atoms with E-state index in [4.69, 9.17) is 10.8 Å². The number of hydrogen-bond acceptors (Lipinski definition) is 3. The molecule has 4 N–H and O–H groups in total. The number of nitrogens with one attached hydrogen (secondary N) is 1. The van der Waals surface area contributed by atoms with Crippen LogP contribution in [0.15, 0.2) is 30.3 Å². The molecule has 78 valence electrons. The second-order valence-electron chi connectivity index (χ2n) is 3.36. The zero-order valence-corrected chi connectivity index (χ0v) is 8.48. The van der Waals surface area contributed by atoms with Gasteiger partial charge >= 0.3 is 0 Å². The lowest BCUT2D eigenvalue weighted by Gasteiger charge is -2.24. The van der Waals surface area contributed by atoms with Gasteiger partial charge < -0.3 is 16.2 Å². The van der Waals surface area contributed by atoms with Crippen molar-refractivity contribution in [3.05, 3.63) is 35.9 Å². The smallest absolute Gasteiger partial charge is 0.0489 e. The molecule has 1 rings (SSSR count). The highest BCUT2D eigenvalue weighted by Crippen LogP contribution is 2.20. The highest BCUT2D eigenvalue weighted by molar-refractivity contribution is 5.19. The molecule has 2 unspecified atom stereocenters. The van der Waals surface area contributed by atoms with Crippen LogP contribution in [0.4, 0.5) is 0 Å². The van der Waals surface area contributed by atoms with Crippen LogP contribution in [0.3, 0.4) is 0 Å². The van der Waals surface area contributed by atoms with Gasteiger partial charge in [-0.05, 0) is 19.2 Å². The number of benzene rings is 1. The second kappa shape index (κ2) is 5.75. The van der Waals surface area contributed by atoms with Crippen molar-refractivity contribution in [3.63, 3.8) is 0 Å². The van der Waals surface area contributed by atoms with Crippen LogP contribution in [0, 0.1) is 5.92 Å². The average molecular weight is 194 g/mol. The van der Waals surface area contributed by atoms with Crippen LogP contribution in [0.5, 0.6) is 0 Å². The third-order valence-corrected chi connectivity index (χ3v) is 2.48. The Kier molecular flexibility index (Phi) is 4.59. The molecule has 0 bridgehead atoms. The number of nitrogens with two attached hydrogens (primary N) is 1. The molecule has 0 aromatic heterocycles. The first-order valence-corrected chi connectivity index (χ1v) is 4.86. The van der Waals surface area contributed by atoms with E-state index in [9.17, 15) is 0 Å². The van der Waals surface area contributed by atoms with Crippen LogP contribution >= 0.6 is 0 Å². The maximum Gasteiger partial charge on any atom is 0.0489 e. The summed E-state index contributed by atoms with van der Waals surface area (Å²) in [6.07, 6.45) is 0. The summed E-state index contributed by atoms with van der Waals surface area (Å²) < 4.78 is 0. The molecule has 14 heavy (non-hydrogen) atoms. The molecule has 0 heterocycles. The summed E-state index contributed by atoms with van der Waals surface area (Å²) in [7, 11) is 1.88. The van der Waals surface area contributed by atoms with Crippen LogP contribution in [0.25, 0.3) is 0 Å². The Balaban J connectivity index is 2.81. The largest absolute Gasteiger partial charge is 0.396 e. The lowest BCUT2D eigenvalue weighted by atomic mass is 9.94. The fraction of sp³-hybridized carbons (Fsp3) is 0.455. The SMILES string of the molecule is CNC(c1ccccc1)C(CN)CO. The molecule has 2 atom stereocenters. The molecule has 0 radical (unpaired) electrons. The molecule has 1 aromatic carbocycles. The molecule has 0 saturated carbocycles. The van der Waals surface area contributed by atoms with Crippen molar-refractivity contribution in [3.8, 4) is 0 Å². The molecular weight excluding hydrogens is 176 g/mol. The number of rotatable bonds is 5. The van der Waals surface area contributed by atoms with Crippen LogP contribution in [-0.2, 0) is 0 Å². The van der Waals surface area contributed by atoms with E-state index in [1.165, 1.54) is 5.56 Å². The number of aliphatic hydroxyl groups is 1. The van der Waals surface area contributed by atoms with Crippen molar-refractivity contribution in [2.75, 3.05) is 20.2 Å². The van der Waals surface area contributed by atoms with Gasteiger partial charge in [0.15, 0.2) is 0 Å². The monoisotopic (exact) mass is 194 g/mol. The van der Waals surface area contributed by atoms with Gasteiger partial charge in [0, 0.05) is 18.6 Å². The fourth-order valence-corrected chi connectivity index (χ4v) is 1.65. The molecule has 0 spiro atoms. The van der Waals surface area contributed by atoms with E-state index in [1.54, 1.807) is 0 Å². The van der Waals surface area contributed by atoms with Gasteiger partial charge in [0.1, 0.15) is 0 Å². The van der Waals surface area contributed by atoms with Crippen LogP contribution in [0.2, 0.25) is 0 Å². The molecule has 0 saturated heterocycles. The Hall–Kier alpha value is -0.900. The first kappa shape index (κ1) is 11.2. The third-order valence-electron chi connectivity index (χ3n) is 2.48. The molecule has 1 aromatic rings. The molecule has 3 nitrogen and oxygen atoms in total. The lowest BCUT2D eigenvalue weighted by molar-refractivity contribution is 0.198. The zero-order chi connectivity index (χ0) is 10.4. The van der Waals surface area contributed by atoms with E-state index in [-0.39, 0.29) is 18.6 Å². The van der Waals surface area contributed by atoms with Gasteiger partial charge in [-0.2, -0.15) is 0 Å². The van der Waals surface area contributed by atoms with E-state index in [2.05, 4.69) is 5.32 Å². The molecule has 0 aliphatic heterocycles. The highest BCUT2D eigenvalue weighted by atomic mass is 16.3. The summed E-state index contributed by atoms with van der Waals surface area (Å²) in [5, 5.41) is 12.3. The Morgan fingerprint density at radius 3 is 2.43 bits per heavy atom. The molecule has 3 heteroatoms. The van der Waals surface area contributed by atoms with Gasteiger partial charge in [-0.1, -0.05) is 30.3 Å². The van der Waals surface area contributed by atoms with Crippen molar-refractivity contribution in [2.24, 2.45) is 11.7 Å². The minimum absolute atomic E-state index is 0.0717. The Morgan fingerprint density at radius 1 is 1.36 bits per heavy atom. The van der Waals surface area contributed by atoms with Gasteiger partial charge in [0.25, 0.3) is 0 Å². The standard InChI is InChI=1S/C11H18N2O/c1-13-11(10(7-12)8-14)9-5-3-2-4-6-9/h2-6,10-11,13-14H,7-8,12H2,1H3. The zero-order valence-electron chi connectivity index (χ0n) is 8.48. The molecule has 0 aliphatic rings. The molecule has 0 amide bonds. The van der Waals surface area contributed by atoms with Crippen molar-refractivity contribution < 1.29 is 5.11 Å². The Labute approximate surface area is 84.9 Å². The third kappa shape index (κ3) is 2.54. The summed E-state index contributed by atoms with van der Waals surface area (Å²) in [6, 6.07) is 10.2. The predicted molar refractivity (Wildman–Crippen MR) is 57.9 cm³/mol. The molecular formula is C11H18N2O. The van der Waals surface area contributed by atoms with Crippen LogP contribution in [-0.4, -0.2) is 25.3 Å². The fourth-order valence-electron chi connectivity index (χ4n) is 1.65. The predicted octanol–water partition coefficient (Wildman–Crippen LogP) is 0.514. The first-order valence-electron chi connectivity index (χ1n) is 4.86. The normalized spacial score (nSPS) is 15.1. The van der Waals surface area contributed by atoms with E-state index in [0.29, 0.717) is 6.54 Å². The second-order valence-corrected chi connectivity index (χ2v) is 3.36. The highest BCUT2D eigenvalue weighted by Gasteiger charge is 2.18. The summed E-state index contributed by atoms with van der Waals surface area (Å²) in [4.78, 5) is 0. The van der Waals surface area contributed by atoms with Gasteiger partial charge in [-0.15, -0.1) is 0 Å². The van der Waals surface area contributed by atoms with Crippen molar-refractivity contribution in [2.45, 2.75) is 6.04 Å². The number of hydrogen-bond donors (Lipinski definition) is 3. The summed E-state index contributed by atoms with van der Waals surface area (Å²) >= 11 is 0. The summed E-state index contributed by atoms with van der Waals surface area (Å²) in [6.45, 7) is 0.591. The Morgan fingerprint density at radius 2 is 2.00 bits per heavy atom. The maximum atomic E-state index is 9.17. The molecule has 0 fully saturated rings. The average Bonchev–Trinajstić information content (AvgIpc) is 2.27. The van der Waals surface area contributed by atoms with E-state index in [1.807, 2.05) is 37.4 Å². The van der Waals surface area contributed by atoms with Gasteiger partial charge in [-0.3, -0.25) is 0 Å². The van der Waals surface area contributed by atoms with Gasteiger partial charge in [-0.25, -0.2) is 0 Å². The van der Waals surface area contributed by atoms with Crippen LogP contribution < -0.4 is 11.1 Å². The quantitative estimate of drug-likeness (QED) is 0.640. The minimum atomic E-state index is 0.0717. The number of aliphatic hydroxyl groups excluding tert-OH is 1. The summed E-state index contributed by atoms with van der Waals surface area (Å²) in [5.74, 6) is 0.0717. The van der Waals surface area contributed by atoms with Crippen LogP contribution in [0.1, 0.15) is 11.6 Å². The summed E-state index contributed by atoms with van der Waals surface area (Å²) in [5.41, 5.74) is 6.76. The Bertz CT molecular complexity index is 247. The first-order chi connectivity index (χ1) is 6.83. The van der Waals surface area contributed by atoms with Crippen molar-refractivity contribution in [1.29, 1.82) is 0 Å². The van der Waals surface area contributed by atoms with Gasteiger partial charge in [0.2, 0.25) is 0 Å². The van der Waals surface area contributed by atoms with Crippen molar-refractivity contribution >= 4 is 0 Å². The van der Waals surface area contributed by atoms with Gasteiger partial charge in [0.05, 0.1) is 0 Å². The van der Waals surface area contributed by atoms with Crippen molar-refractivity contribution in [1.82, 2.24) is 5.32 Å². The van der Waals surface area contributed by atoms with E-state index < -0.39 is 0 Å². The molecule has 0 aliphatic carbocycles.